The molecule has 39 heavy (non-hydrogen) atoms. The Labute approximate surface area is 325 Å². The molecule has 0 aliphatic heterocycles. The zero-order valence-corrected chi connectivity index (χ0v) is 31.2. The first kappa shape index (κ1) is 61.4. The van der Waals surface area contributed by atoms with E-state index >= 15 is 0 Å². The Hall–Kier alpha value is 3.40. The smallest absolute Gasteiger partial charge is 0.759 e. The minimum atomic E-state index is -5.31. The maximum absolute atomic E-state index is 9.37. The van der Waals surface area contributed by atoms with E-state index in [9.17, 15) is 77.8 Å². The number of hydrogen-bond donors (Lipinski definition) is 0. The van der Waals surface area contributed by atoms with E-state index in [0.29, 0.717) is 0 Å². The van der Waals surface area contributed by atoms with Crippen molar-refractivity contribution in [2.45, 2.75) is 0 Å². The van der Waals surface area contributed by atoms with Gasteiger partial charge in [-0.1, -0.05) is 0 Å². The maximum atomic E-state index is 9.37. The normalized spacial score (nSPS) is 11.8. The largest absolute Gasteiger partial charge is 3.00 e. The molecule has 0 aromatic carbocycles. The third-order valence-electron chi connectivity index (χ3n) is 0.583. The fourth-order valence-corrected chi connectivity index (χ4v) is 1.84. The van der Waals surface area contributed by atoms with Gasteiger partial charge >= 0.3 is 137 Å². The molecular weight excluding hydrogens is 862 g/mol. The quantitative estimate of drug-likeness (QED) is 0.0682. The molecule has 2 radical (unpaired) electrons. The van der Waals surface area contributed by atoms with Crippen LogP contribution in [0, 0.1) is 0 Å². The Morgan fingerprint density at radius 1 is 0.282 bits per heavy atom. The summed E-state index contributed by atoms with van der Waals surface area (Å²) in [6.45, 7) is 0. The Kier molecular flexibility index (Phi) is 40.3. The molecule has 0 amide bonds. The SMILES string of the molecule is O=S(=O)([O-])OOS(=O)(=O)[O-].O=S(=O)([O-])OOS(=O)(=O)[O-].O=S(=O)([O-])OOS(=O)(=O)[O-].O=S(=O)([O-])[O-].[Fe+3].[Fe+3].[K+].[K+]. The molecule has 0 fully saturated rings. The molecule has 0 spiro atoms. The third kappa shape index (κ3) is 108. The van der Waals surface area contributed by atoms with Crippen molar-refractivity contribution in [1.82, 2.24) is 0 Å². The molecule has 0 aliphatic carbocycles. The van der Waals surface area contributed by atoms with E-state index in [1.165, 1.54) is 0 Å². The molecular formula is Fe2K2O28S7. The van der Waals surface area contributed by atoms with Crippen LogP contribution in [-0.2, 0) is 133 Å². The predicted molar refractivity (Wildman–Crippen MR) is 75.2 cm³/mol. The second-order valence-electron chi connectivity index (χ2n) is 3.27. The molecule has 0 aliphatic rings. The minimum Gasteiger partial charge on any atom is -0.759 e. The standard InChI is InChI=1S/2Fe.2K.3H2O8S2.H2O4S/c;;;;3*1-9(2,3)7-8-10(4,5)6;1-5(2,3)4/h;;;;3*(H,1,2,3)(H,4,5,6);(H2,1,2,3,4)/q2*+3;2*+1;;;;/p-8. The van der Waals surface area contributed by atoms with Gasteiger partial charge in [-0.25, -0.2) is 50.5 Å². The fraction of sp³-hybridized carbons (Fsp3) is 0. The molecule has 0 aromatic rings. The average Bonchev–Trinajstić information content (AvgIpc) is 2.45. The fourth-order valence-electron chi connectivity index (χ4n) is 0.204. The third-order valence-corrected chi connectivity index (χ3v) is 2.25. The first-order valence-electron chi connectivity index (χ1n) is 5.17. The second-order valence-corrected chi connectivity index (χ2v) is 9.80. The monoisotopic (exact) mass is 861 g/mol. The number of rotatable bonds is 9. The summed E-state index contributed by atoms with van der Waals surface area (Å²) in [5.41, 5.74) is 0. The van der Waals surface area contributed by atoms with Gasteiger partial charge in [0, 0.05) is 10.4 Å². The van der Waals surface area contributed by atoms with Crippen LogP contribution in [0.5, 0.6) is 0 Å². The van der Waals surface area contributed by atoms with Crippen molar-refractivity contribution in [2.24, 2.45) is 0 Å². The summed E-state index contributed by atoms with van der Waals surface area (Å²) in [7, 11) is -37.0. The predicted octanol–water partition coefficient (Wildman–Crippen LogP) is -13.8. The summed E-state index contributed by atoms with van der Waals surface area (Å²) in [6.07, 6.45) is 0. The van der Waals surface area contributed by atoms with Crippen LogP contribution in [0.15, 0.2) is 0 Å². The molecule has 0 saturated heterocycles. The maximum Gasteiger partial charge on any atom is 3.00 e. The summed E-state index contributed by atoms with van der Waals surface area (Å²) in [5, 5.41) is 0. The van der Waals surface area contributed by atoms with Crippen LogP contribution in [0.2, 0.25) is 0 Å². The Balaban J connectivity index is -0.0000000542. The molecule has 0 aromatic heterocycles. The van der Waals surface area contributed by atoms with Crippen molar-refractivity contribution < 1.29 is 258 Å². The molecule has 0 atom stereocenters. The average molecular weight is 862 g/mol. The Bertz CT molecular complexity index is 1120. The van der Waals surface area contributed by atoms with Crippen LogP contribution in [0.3, 0.4) is 0 Å². The van der Waals surface area contributed by atoms with Crippen molar-refractivity contribution >= 4 is 72.8 Å². The molecule has 0 rings (SSSR count). The van der Waals surface area contributed by atoms with Gasteiger partial charge in [-0.15, -0.1) is 26.0 Å². The van der Waals surface area contributed by atoms with Gasteiger partial charge in [0.25, 0.3) is 0 Å². The summed E-state index contributed by atoms with van der Waals surface area (Å²) in [6, 6.07) is 0. The van der Waals surface area contributed by atoms with Gasteiger partial charge in [0.15, 0.2) is 0 Å². The van der Waals surface area contributed by atoms with E-state index in [-0.39, 0.29) is 137 Å². The van der Waals surface area contributed by atoms with E-state index in [1.807, 2.05) is 0 Å². The van der Waals surface area contributed by atoms with E-state index in [1.54, 1.807) is 0 Å². The van der Waals surface area contributed by atoms with Gasteiger partial charge in [-0.05, 0) is 0 Å². The minimum absolute atomic E-state index is 0. The Morgan fingerprint density at radius 2 is 0.333 bits per heavy atom. The van der Waals surface area contributed by atoms with Gasteiger partial charge in [0.05, 0.1) is 0 Å². The van der Waals surface area contributed by atoms with E-state index in [2.05, 4.69) is 26.0 Å². The van der Waals surface area contributed by atoms with Crippen LogP contribution in [0.1, 0.15) is 0 Å². The van der Waals surface area contributed by atoms with Gasteiger partial charge in [-0.3, -0.25) is 8.42 Å². The molecule has 28 nitrogen and oxygen atoms in total. The zero-order chi connectivity index (χ0) is 29.7. The van der Waals surface area contributed by atoms with Crippen LogP contribution in [-0.4, -0.2) is 95.3 Å². The summed E-state index contributed by atoms with van der Waals surface area (Å²) < 4.78 is 218. The van der Waals surface area contributed by atoms with E-state index < -0.39 is 72.8 Å². The van der Waals surface area contributed by atoms with Crippen molar-refractivity contribution in [3.8, 4) is 0 Å². The second kappa shape index (κ2) is 25.6. The molecule has 0 heterocycles. The van der Waals surface area contributed by atoms with Crippen LogP contribution in [0.4, 0.5) is 0 Å². The van der Waals surface area contributed by atoms with Crippen LogP contribution in [0.25, 0.3) is 0 Å². The summed E-state index contributed by atoms with van der Waals surface area (Å²) >= 11 is 0. The van der Waals surface area contributed by atoms with Crippen molar-refractivity contribution in [2.75, 3.05) is 0 Å². The van der Waals surface area contributed by atoms with Gasteiger partial charge in [0.1, 0.15) is 0 Å². The zero-order valence-electron chi connectivity index (χ0n) is 17.0. The molecule has 0 unspecified atom stereocenters. The van der Waals surface area contributed by atoms with Crippen LogP contribution >= 0.6 is 0 Å². The van der Waals surface area contributed by atoms with Crippen molar-refractivity contribution in [3.05, 3.63) is 0 Å². The van der Waals surface area contributed by atoms with E-state index in [4.69, 9.17) is 17.5 Å². The topological polar surface area (TPSA) is 479 Å². The number of hydrogen-bond acceptors (Lipinski definition) is 28. The first-order valence-corrected chi connectivity index (χ1v) is 14.5. The molecule has 0 saturated carbocycles. The summed E-state index contributed by atoms with van der Waals surface area (Å²) in [4.78, 5) is 0. The van der Waals surface area contributed by atoms with Crippen molar-refractivity contribution in [1.29, 1.82) is 0 Å². The van der Waals surface area contributed by atoms with Crippen molar-refractivity contribution in [3.63, 3.8) is 0 Å². The van der Waals surface area contributed by atoms with Gasteiger partial charge in [0.2, 0.25) is 62.4 Å². The molecule has 0 N–H and O–H groups in total. The first-order chi connectivity index (χ1) is 14.6. The molecule has 228 valence electrons. The van der Waals surface area contributed by atoms with E-state index in [0.717, 1.165) is 0 Å². The Morgan fingerprint density at radius 3 is 0.359 bits per heavy atom. The van der Waals surface area contributed by atoms with Crippen LogP contribution < -0.4 is 103 Å². The molecule has 39 heteroatoms. The van der Waals surface area contributed by atoms with Gasteiger partial charge in [-0.2, -0.15) is 0 Å². The molecule has 0 bridgehead atoms. The van der Waals surface area contributed by atoms with Gasteiger partial charge < -0.3 is 36.4 Å². The summed E-state index contributed by atoms with van der Waals surface area (Å²) in [5.74, 6) is 0.